The lowest BCUT2D eigenvalue weighted by Crippen LogP contribution is -2.53. The van der Waals surface area contributed by atoms with E-state index in [1.54, 1.807) is 6.07 Å². The number of hydrogen-bond donors (Lipinski definition) is 3. The summed E-state index contributed by atoms with van der Waals surface area (Å²) in [6.45, 7) is 3.73. The van der Waals surface area contributed by atoms with Gasteiger partial charge in [0.05, 0.1) is 17.6 Å². The van der Waals surface area contributed by atoms with Gasteiger partial charge in [0.1, 0.15) is 23.2 Å². The summed E-state index contributed by atoms with van der Waals surface area (Å²) in [5.74, 6) is 2.22. The van der Waals surface area contributed by atoms with Crippen LogP contribution in [0.1, 0.15) is 42.4 Å². The van der Waals surface area contributed by atoms with Crippen LogP contribution >= 0.6 is 23.2 Å². The molecule has 1 saturated heterocycles. The Kier molecular flexibility index (Phi) is 5.92. The minimum atomic E-state index is -0.470. The fraction of sp³-hybridized carbons (Fsp3) is 0.500. The van der Waals surface area contributed by atoms with E-state index in [9.17, 15) is 4.39 Å². The number of aliphatic imine (C=N–C) groups is 1. The summed E-state index contributed by atoms with van der Waals surface area (Å²) in [4.78, 5) is 11.5. The lowest BCUT2D eigenvalue weighted by Gasteiger charge is -2.37. The van der Waals surface area contributed by atoms with E-state index in [4.69, 9.17) is 28.2 Å². The number of hydrazone groups is 1. The number of nitrogens with zero attached hydrogens (tertiary/aromatic N) is 5. The Morgan fingerprint density at radius 1 is 1.19 bits per heavy atom. The van der Waals surface area contributed by atoms with Crippen molar-refractivity contribution < 1.29 is 4.39 Å². The molecule has 3 aliphatic heterocycles. The van der Waals surface area contributed by atoms with Crippen molar-refractivity contribution in [3.05, 3.63) is 45.2 Å². The highest BCUT2D eigenvalue weighted by atomic mass is 35.5. The number of piperidine rings is 1. The van der Waals surface area contributed by atoms with Gasteiger partial charge in [-0.05, 0) is 38.1 Å². The highest BCUT2D eigenvalue weighted by molar-refractivity contribution is 6.36. The van der Waals surface area contributed by atoms with Gasteiger partial charge in [-0.2, -0.15) is 10.2 Å². The Labute approximate surface area is 189 Å². The Hall–Kier alpha value is -2.07. The summed E-state index contributed by atoms with van der Waals surface area (Å²) in [7, 11) is 0. The maximum atomic E-state index is 14.0. The van der Waals surface area contributed by atoms with Crippen molar-refractivity contribution in [1.82, 2.24) is 30.8 Å². The van der Waals surface area contributed by atoms with Gasteiger partial charge in [0, 0.05) is 36.0 Å². The van der Waals surface area contributed by atoms with Crippen molar-refractivity contribution in [2.45, 2.75) is 37.8 Å². The van der Waals surface area contributed by atoms with Gasteiger partial charge in [0.2, 0.25) is 0 Å². The highest BCUT2D eigenvalue weighted by Crippen LogP contribution is 2.30. The average molecular weight is 465 g/mol. The summed E-state index contributed by atoms with van der Waals surface area (Å²) in [6, 6.07) is 2.77. The van der Waals surface area contributed by atoms with Gasteiger partial charge >= 0.3 is 0 Å². The molecule has 0 bridgehead atoms. The van der Waals surface area contributed by atoms with Crippen LogP contribution in [0.4, 0.5) is 4.39 Å². The standard InChI is InChI=1S/C20H23Cl2FN8/c21-13-1-2-14(23)17(22)12(13)10-31-8-7-25-20-16(31)9-15(27-30-20)19-26-18(28-29-19)11-3-5-24-6-4-11/h1-2,11,16,24H,3-10H2,(H,25,30)(H,26,28,29). The normalized spacial score (nSPS) is 22.5. The highest BCUT2D eigenvalue weighted by Gasteiger charge is 2.34. The van der Waals surface area contributed by atoms with E-state index < -0.39 is 5.82 Å². The maximum Gasteiger partial charge on any atom is 0.197 e. The third-order valence-corrected chi connectivity index (χ3v) is 6.87. The first-order chi connectivity index (χ1) is 15.1. The topological polar surface area (TPSA) is 93.6 Å². The molecule has 3 aliphatic rings. The molecule has 5 rings (SSSR count). The molecule has 1 atom stereocenters. The lowest BCUT2D eigenvalue weighted by atomic mass is 9.97. The maximum absolute atomic E-state index is 14.0. The van der Waals surface area contributed by atoms with Crippen LogP contribution in [0, 0.1) is 5.82 Å². The predicted octanol–water partition coefficient (Wildman–Crippen LogP) is 2.70. The van der Waals surface area contributed by atoms with Crippen LogP contribution in [0.25, 0.3) is 0 Å². The van der Waals surface area contributed by atoms with Crippen molar-refractivity contribution >= 4 is 34.7 Å². The Morgan fingerprint density at radius 2 is 2.03 bits per heavy atom. The van der Waals surface area contributed by atoms with Crippen molar-refractivity contribution in [1.29, 1.82) is 0 Å². The molecule has 0 radical (unpaired) electrons. The largest absolute Gasteiger partial charge is 0.317 e. The van der Waals surface area contributed by atoms with Gasteiger partial charge in [-0.3, -0.25) is 20.4 Å². The Bertz CT molecular complexity index is 1030. The first kappa shape index (κ1) is 20.8. The van der Waals surface area contributed by atoms with Crippen LogP contribution in [-0.2, 0) is 6.54 Å². The number of hydrogen-bond acceptors (Lipinski definition) is 7. The van der Waals surface area contributed by atoms with Crippen molar-refractivity contribution in [3.63, 3.8) is 0 Å². The molecule has 1 unspecified atom stereocenters. The molecular formula is C20H23Cl2FN8. The van der Waals surface area contributed by atoms with Gasteiger partial charge < -0.3 is 5.32 Å². The van der Waals surface area contributed by atoms with E-state index in [1.165, 1.54) is 6.07 Å². The van der Waals surface area contributed by atoms with E-state index in [0.717, 1.165) is 43.3 Å². The van der Waals surface area contributed by atoms with Crippen LogP contribution in [0.15, 0.2) is 22.2 Å². The molecule has 0 amide bonds. The van der Waals surface area contributed by atoms with E-state index >= 15 is 0 Å². The minimum absolute atomic E-state index is 0.0579. The van der Waals surface area contributed by atoms with E-state index in [0.29, 0.717) is 48.4 Å². The molecule has 0 spiro atoms. The van der Waals surface area contributed by atoms with Gasteiger partial charge in [-0.15, -0.1) is 0 Å². The summed E-state index contributed by atoms with van der Waals surface area (Å²) in [5.41, 5.74) is 4.42. The summed E-state index contributed by atoms with van der Waals surface area (Å²) in [5, 5.41) is 15.9. The summed E-state index contributed by atoms with van der Waals surface area (Å²) < 4.78 is 14.0. The number of H-pyrrole nitrogens is 1. The Morgan fingerprint density at radius 3 is 2.87 bits per heavy atom. The number of fused-ring (bicyclic) bond motifs is 1. The molecule has 3 N–H and O–H groups in total. The van der Waals surface area contributed by atoms with Crippen molar-refractivity contribution in [2.24, 2.45) is 10.1 Å². The SMILES string of the molecule is Fc1ccc(Cl)c(CN2CCN=C3NN=C(c4n[nH]c(C5CCNCC5)n4)CC32)c1Cl. The van der Waals surface area contributed by atoms with Crippen molar-refractivity contribution in [3.8, 4) is 0 Å². The molecule has 8 nitrogen and oxygen atoms in total. The van der Waals surface area contributed by atoms with Gasteiger partial charge in [0.15, 0.2) is 5.82 Å². The molecule has 2 aromatic rings. The zero-order valence-corrected chi connectivity index (χ0v) is 18.3. The molecule has 1 aromatic carbocycles. The van der Waals surface area contributed by atoms with Crippen LogP contribution in [0.5, 0.6) is 0 Å². The number of aromatic nitrogens is 3. The van der Waals surface area contributed by atoms with Crippen LogP contribution < -0.4 is 10.7 Å². The third-order valence-electron chi connectivity index (χ3n) is 6.10. The first-order valence-corrected chi connectivity index (χ1v) is 11.2. The monoisotopic (exact) mass is 464 g/mol. The fourth-order valence-corrected chi connectivity index (χ4v) is 4.84. The van der Waals surface area contributed by atoms with E-state index in [1.807, 2.05) is 0 Å². The van der Waals surface area contributed by atoms with Gasteiger partial charge in [0.25, 0.3) is 0 Å². The van der Waals surface area contributed by atoms with Crippen molar-refractivity contribution in [2.75, 3.05) is 26.2 Å². The summed E-state index contributed by atoms with van der Waals surface area (Å²) in [6.07, 6.45) is 2.68. The number of nitrogens with one attached hydrogen (secondary N) is 3. The van der Waals surface area contributed by atoms with Gasteiger partial charge in [-0.1, -0.05) is 23.2 Å². The number of halogens is 3. The summed E-state index contributed by atoms with van der Waals surface area (Å²) >= 11 is 12.5. The fourth-order valence-electron chi connectivity index (χ4n) is 4.35. The zero-order valence-electron chi connectivity index (χ0n) is 16.8. The number of aromatic amines is 1. The average Bonchev–Trinajstić information content (AvgIpc) is 3.30. The van der Waals surface area contributed by atoms with Gasteiger partial charge in [-0.25, -0.2) is 9.37 Å². The number of benzene rings is 1. The molecule has 1 aromatic heterocycles. The van der Waals surface area contributed by atoms with Crippen LogP contribution in [0.2, 0.25) is 10.0 Å². The molecule has 11 heteroatoms. The lowest BCUT2D eigenvalue weighted by molar-refractivity contribution is 0.226. The number of amidine groups is 1. The van der Waals surface area contributed by atoms with E-state index in [-0.39, 0.29) is 11.1 Å². The van der Waals surface area contributed by atoms with E-state index in [2.05, 4.69) is 35.9 Å². The second-order valence-corrected chi connectivity index (χ2v) is 8.80. The minimum Gasteiger partial charge on any atom is -0.317 e. The molecule has 0 saturated carbocycles. The molecule has 0 aliphatic carbocycles. The predicted molar refractivity (Wildman–Crippen MR) is 118 cm³/mol. The molecule has 31 heavy (non-hydrogen) atoms. The number of rotatable bonds is 4. The smallest absolute Gasteiger partial charge is 0.197 e. The first-order valence-electron chi connectivity index (χ1n) is 10.5. The second-order valence-electron chi connectivity index (χ2n) is 8.02. The molecular weight excluding hydrogens is 442 g/mol. The molecule has 4 heterocycles. The molecule has 164 valence electrons. The molecule has 1 fully saturated rings. The third kappa shape index (κ3) is 4.19. The quantitative estimate of drug-likeness (QED) is 0.604. The second kappa shape index (κ2) is 8.82. The van der Waals surface area contributed by atoms with Crippen LogP contribution in [-0.4, -0.2) is 63.8 Å². The Balaban J connectivity index is 1.35. The zero-order chi connectivity index (χ0) is 21.4. The van der Waals surface area contributed by atoms with Crippen LogP contribution in [0.3, 0.4) is 0 Å².